The number of alkyl halides is 3. The number of hydrogen-bond donors (Lipinski definition) is 2. The van der Waals surface area contributed by atoms with E-state index in [0.717, 1.165) is 12.1 Å². The maximum atomic E-state index is 12.7. The van der Waals surface area contributed by atoms with Gasteiger partial charge in [0.1, 0.15) is 5.75 Å². The number of nitrogens with two attached hydrogens (primary N) is 1. The van der Waals surface area contributed by atoms with E-state index in [0.29, 0.717) is 22.7 Å². The zero-order valence-electron chi connectivity index (χ0n) is 11.9. The Kier molecular flexibility index (Phi) is 3.63. The van der Waals surface area contributed by atoms with Gasteiger partial charge in [0, 0.05) is 18.2 Å². The van der Waals surface area contributed by atoms with Crippen molar-refractivity contribution < 1.29 is 22.7 Å². The fraction of sp³-hybridized carbons (Fsp3) is 0.188. The summed E-state index contributed by atoms with van der Waals surface area (Å²) in [5.74, 6) is 0.00117. The van der Waals surface area contributed by atoms with E-state index < -0.39 is 23.8 Å². The third-order valence-corrected chi connectivity index (χ3v) is 3.50. The van der Waals surface area contributed by atoms with E-state index in [1.54, 1.807) is 18.2 Å². The molecule has 7 heteroatoms. The van der Waals surface area contributed by atoms with Gasteiger partial charge in [-0.15, -0.1) is 0 Å². The van der Waals surface area contributed by atoms with Gasteiger partial charge in [0.15, 0.2) is 6.10 Å². The van der Waals surface area contributed by atoms with Crippen LogP contribution in [0.15, 0.2) is 42.5 Å². The van der Waals surface area contributed by atoms with E-state index in [9.17, 15) is 18.0 Å². The van der Waals surface area contributed by atoms with Crippen LogP contribution in [0.2, 0.25) is 0 Å². The maximum absolute atomic E-state index is 12.7. The highest BCUT2D eigenvalue weighted by Gasteiger charge is 2.32. The van der Waals surface area contributed by atoms with Crippen molar-refractivity contribution in [1.82, 2.24) is 0 Å². The van der Waals surface area contributed by atoms with E-state index in [4.69, 9.17) is 10.5 Å². The van der Waals surface area contributed by atoms with Gasteiger partial charge in [-0.25, -0.2) is 0 Å². The highest BCUT2D eigenvalue weighted by atomic mass is 19.4. The molecule has 2 aromatic carbocycles. The molecule has 1 aliphatic heterocycles. The summed E-state index contributed by atoms with van der Waals surface area (Å²) in [6, 6.07) is 9.64. The minimum absolute atomic E-state index is 0.0317. The number of rotatable bonds is 2. The van der Waals surface area contributed by atoms with Crippen molar-refractivity contribution in [2.24, 2.45) is 0 Å². The van der Waals surface area contributed by atoms with Gasteiger partial charge in [0.25, 0.3) is 5.91 Å². The molecule has 0 fully saturated rings. The number of halogens is 3. The first-order valence-electron chi connectivity index (χ1n) is 6.86. The lowest BCUT2D eigenvalue weighted by Crippen LogP contribution is -2.38. The third kappa shape index (κ3) is 3.23. The number of fused-ring (bicyclic) bond motifs is 1. The molecular weight excluding hydrogens is 309 g/mol. The van der Waals surface area contributed by atoms with Gasteiger partial charge in [-0.05, 0) is 23.8 Å². The largest absolute Gasteiger partial charge is 0.478 e. The second-order valence-electron chi connectivity index (χ2n) is 5.25. The van der Waals surface area contributed by atoms with Crippen LogP contribution in [0.5, 0.6) is 5.75 Å². The molecule has 4 nitrogen and oxygen atoms in total. The molecule has 120 valence electrons. The molecule has 2 aromatic rings. The molecule has 0 saturated carbocycles. The van der Waals surface area contributed by atoms with Crippen molar-refractivity contribution in [1.29, 1.82) is 0 Å². The Morgan fingerprint density at radius 2 is 1.96 bits per heavy atom. The van der Waals surface area contributed by atoms with Gasteiger partial charge in [-0.3, -0.25) is 4.79 Å². The molecule has 1 atom stereocenters. The quantitative estimate of drug-likeness (QED) is 0.834. The van der Waals surface area contributed by atoms with Crippen molar-refractivity contribution in [2.45, 2.75) is 18.7 Å². The molecule has 23 heavy (non-hydrogen) atoms. The van der Waals surface area contributed by atoms with Gasteiger partial charge < -0.3 is 15.8 Å². The number of anilines is 2. The van der Waals surface area contributed by atoms with Crippen molar-refractivity contribution >= 4 is 17.3 Å². The maximum Gasteiger partial charge on any atom is 0.416 e. The summed E-state index contributed by atoms with van der Waals surface area (Å²) in [6.45, 7) is 0. The lowest BCUT2D eigenvalue weighted by atomic mass is 10.0. The van der Waals surface area contributed by atoms with Crippen LogP contribution in [-0.4, -0.2) is 12.0 Å². The molecule has 0 spiro atoms. The van der Waals surface area contributed by atoms with Crippen molar-refractivity contribution in [3.8, 4) is 5.75 Å². The van der Waals surface area contributed by atoms with E-state index >= 15 is 0 Å². The number of carbonyl (C=O) groups is 1. The Bertz CT molecular complexity index is 759. The Morgan fingerprint density at radius 3 is 2.70 bits per heavy atom. The van der Waals surface area contributed by atoms with Crippen LogP contribution >= 0.6 is 0 Å². The van der Waals surface area contributed by atoms with E-state index in [1.807, 2.05) is 0 Å². The molecule has 0 aromatic heterocycles. The lowest BCUT2D eigenvalue weighted by Gasteiger charge is -2.26. The van der Waals surface area contributed by atoms with Crippen molar-refractivity contribution in [2.75, 3.05) is 11.1 Å². The molecule has 1 unspecified atom stereocenters. The summed E-state index contributed by atoms with van der Waals surface area (Å²) in [4.78, 5) is 12.0. The zero-order valence-corrected chi connectivity index (χ0v) is 11.9. The number of ether oxygens (including phenoxy) is 1. The molecule has 0 saturated heterocycles. The minimum atomic E-state index is -4.42. The van der Waals surface area contributed by atoms with Gasteiger partial charge >= 0.3 is 6.18 Å². The van der Waals surface area contributed by atoms with Gasteiger partial charge in [0.05, 0.1) is 11.3 Å². The van der Waals surface area contributed by atoms with Gasteiger partial charge in [-0.1, -0.05) is 18.2 Å². The average molecular weight is 322 g/mol. The van der Waals surface area contributed by atoms with Crippen LogP contribution in [0.25, 0.3) is 0 Å². The highest BCUT2D eigenvalue weighted by Crippen LogP contribution is 2.33. The van der Waals surface area contributed by atoms with Gasteiger partial charge in [-0.2, -0.15) is 13.2 Å². The fourth-order valence-electron chi connectivity index (χ4n) is 2.38. The molecule has 0 bridgehead atoms. The predicted molar refractivity (Wildman–Crippen MR) is 79.0 cm³/mol. The van der Waals surface area contributed by atoms with Crippen LogP contribution in [0.4, 0.5) is 24.5 Å². The summed E-state index contributed by atoms with van der Waals surface area (Å²) in [5, 5.41) is 2.66. The van der Waals surface area contributed by atoms with E-state index in [-0.39, 0.29) is 6.42 Å². The second kappa shape index (κ2) is 5.49. The molecule has 1 aliphatic rings. The van der Waals surface area contributed by atoms with E-state index in [1.165, 1.54) is 12.1 Å². The summed E-state index contributed by atoms with van der Waals surface area (Å²) >= 11 is 0. The molecular formula is C16H13F3N2O2. The van der Waals surface area contributed by atoms with Crippen LogP contribution in [0.3, 0.4) is 0 Å². The molecule has 3 rings (SSSR count). The Hall–Kier alpha value is -2.70. The highest BCUT2D eigenvalue weighted by molar-refractivity contribution is 5.98. The Labute approximate surface area is 130 Å². The first kappa shape index (κ1) is 15.2. The summed E-state index contributed by atoms with van der Waals surface area (Å²) < 4.78 is 43.8. The molecule has 1 heterocycles. The normalized spacial score (nSPS) is 17.2. The number of carbonyl (C=O) groups excluding carboxylic acids is 1. The smallest absolute Gasteiger partial charge is 0.416 e. The van der Waals surface area contributed by atoms with Crippen molar-refractivity contribution in [3.63, 3.8) is 0 Å². The van der Waals surface area contributed by atoms with Gasteiger partial charge in [0.2, 0.25) is 0 Å². The first-order valence-corrected chi connectivity index (χ1v) is 6.86. The van der Waals surface area contributed by atoms with Crippen LogP contribution in [-0.2, 0) is 17.4 Å². The summed E-state index contributed by atoms with van der Waals surface area (Å²) in [5.41, 5.74) is 6.24. The zero-order chi connectivity index (χ0) is 16.6. The number of nitrogens with one attached hydrogen (secondary N) is 1. The average Bonchev–Trinajstić information content (AvgIpc) is 2.48. The lowest BCUT2D eigenvalue weighted by molar-refractivity contribution is -0.137. The van der Waals surface area contributed by atoms with Crippen LogP contribution < -0.4 is 15.8 Å². The van der Waals surface area contributed by atoms with Crippen LogP contribution in [0, 0.1) is 0 Å². The first-order chi connectivity index (χ1) is 10.8. The predicted octanol–water partition coefficient (Wildman–Crippen LogP) is 3.23. The topological polar surface area (TPSA) is 64.3 Å². The molecule has 0 radical (unpaired) electrons. The minimum Gasteiger partial charge on any atom is -0.478 e. The monoisotopic (exact) mass is 322 g/mol. The summed E-state index contributed by atoms with van der Waals surface area (Å²) in [7, 11) is 0. The molecule has 3 N–H and O–H groups in total. The fourth-order valence-corrected chi connectivity index (χ4v) is 2.38. The van der Waals surface area contributed by atoms with Crippen molar-refractivity contribution in [3.05, 3.63) is 53.6 Å². The van der Waals surface area contributed by atoms with E-state index in [2.05, 4.69) is 5.32 Å². The molecule has 1 amide bonds. The SMILES string of the molecule is Nc1ccc2c(c1)OC(Cc1cccc(C(F)(F)F)c1)C(=O)N2. The molecule has 0 aliphatic carbocycles. The number of hydrogen-bond acceptors (Lipinski definition) is 3. The summed E-state index contributed by atoms with van der Waals surface area (Å²) in [6.07, 6.45) is -5.30. The van der Waals surface area contributed by atoms with Crippen LogP contribution in [0.1, 0.15) is 11.1 Å². The number of benzene rings is 2. The third-order valence-electron chi connectivity index (χ3n) is 3.50. The Balaban J connectivity index is 1.82. The standard InChI is InChI=1S/C16H13F3N2O2/c17-16(18,19)10-3-1-2-9(6-10)7-14-15(22)21-12-5-4-11(20)8-13(12)23-14/h1-6,8,14H,7,20H2,(H,21,22). The number of amides is 1. The second-order valence-corrected chi connectivity index (χ2v) is 5.25. The number of nitrogen functional groups attached to an aromatic ring is 1. The Morgan fingerprint density at radius 1 is 1.17 bits per heavy atom.